The Bertz CT molecular complexity index is 3530. The highest BCUT2D eigenvalue weighted by molar-refractivity contribution is 7.00. The minimum Gasteiger partial charge on any atom is -0.311 e. The van der Waals surface area contributed by atoms with Gasteiger partial charge in [-0.25, -0.2) is 0 Å². The Morgan fingerprint density at radius 3 is 1.11 bits per heavy atom. The van der Waals surface area contributed by atoms with E-state index in [9.17, 15) is 0 Å². The molecule has 0 N–H and O–H groups in total. The maximum atomic E-state index is 2.70. The molecule has 0 atom stereocenters. The summed E-state index contributed by atoms with van der Waals surface area (Å²) in [6.45, 7) is 50.3. The first kappa shape index (κ1) is 52.3. The van der Waals surface area contributed by atoms with Gasteiger partial charge in [0.25, 0.3) is 6.71 Å². The molecule has 2 aliphatic carbocycles. The number of anilines is 6. The standard InChI is InChI=1S/C73H87BN2/c1-44-22-30-61-57(34-44)74-58-39-49(68(8,9)10)27-33-62(58)76(60-32-26-48(67(5,6)7)38-52(60)46-24-29-54-56(36-46)73(20,21)43-71(54,16)17)64-41-50(69(11,12)13)40-63(65(64)74)75(61)59-31-25-47(66(2,3)4)37-51(59)45-23-28-53-55(35-45)72(18,19)42-70(53,14)15/h22-41H,42-43H2,1-21H3. The zero-order valence-corrected chi connectivity index (χ0v) is 50.4. The molecule has 7 aromatic rings. The maximum absolute atomic E-state index is 2.70. The summed E-state index contributed by atoms with van der Waals surface area (Å²) in [6.07, 6.45) is 2.27. The van der Waals surface area contributed by atoms with Gasteiger partial charge in [-0.2, -0.15) is 0 Å². The molecule has 2 nitrogen and oxygen atoms in total. The van der Waals surface area contributed by atoms with Crippen molar-refractivity contribution in [2.24, 2.45) is 0 Å². The molecule has 0 saturated carbocycles. The smallest absolute Gasteiger partial charge is 0.252 e. The average Bonchev–Trinajstić information content (AvgIpc) is 3.74. The summed E-state index contributed by atoms with van der Waals surface area (Å²) in [7, 11) is 0. The van der Waals surface area contributed by atoms with Gasteiger partial charge in [-0.3, -0.25) is 0 Å². The second-order valence-electron chi connectivity index (χ2n) is 30.7. The van der Waals surface area contributed by atoms with Crippen molar-refractivity contribution in [3.63, 3.8) is 0 Å². The summed E-state index contributed by atoms with van der Waals surface area (Å²) < 4.78 is 0. The van der Waals surface area contributed by atoms with Crippen molar-refractivity contribution in [2.75, 3.05) is 9.80 Å². The summed E-state index contributed by atoms with van der Waals surface area (Å²) in [6, 6.07) is 49.7. The van der Waals surface area contributed by atoms with E-state index in [1.807, 2.05) is 0 Å². The number of aryl methyl sites for hydroxylation is 1. The van der Waals surface area contributed by atoms with Crippen molar-refractivity contribution < 1.29 is 0 Å². The zero-order valence-electron chi connectivity index (χ0n) is 50.4. The summed E-state index contributed by atoms with van der Waals surface area (Å²) >= 11 is 0. The highest BCUT2D eigenvalue weighted by atomic mass is 15.2. The molecule has 2 heterocycles. The van der Waals surface area contributed by atoms with Crippen LogP contribution in [0.1, 0.15) is 201 Å². The van der Waals surface area contributed by atoms with Gasteiger partial charge in [0, 0.05) is 33.9 Å². The fraction of sp³-hybridized carbons (Fsp3) is 0.425. The zero-order chi connectivity index (χ0) is 55.0. The summed E-state index contributed by atoms with van der Waals surface area (Å²) in [5, 5.41) is 0. The third-order valence-electron chi connectivity index (χ3n) is 18.5. The van der Waals surface area contributed by atoms with E-state index in [0.29, 0.717) is 0 Å². The second kappa shape index (κ2) is 16.6. The van der Waals surface area contributed by atoms with E-state index < -0.39 is 0 Å². The SMILES string of the molecule is Cc1ccc2c(c1)B1c3cc(C(C)(C)C)ccc3N(c3ccc(C(C)(C)C)cc3-c3ccc4c(c3)C(C)(C)CC4(C)C)c3cc(C(C)(C)C)cc(c31)N2c1ccc(C(C)(C)C)cc1-c1ccc2c(c1)C(C)(C)CC2(C)C. The van der Waals surface area contributed by atoms with Crippen LogP contribution < -0.4 is 26.2 Å². The van der Waals surface area contributed by atoms with Crippen LogP contribution in [-0.2, 0) is 43.3 Å². The molecule has 76 heavy (non-hydrogen) atoms. The Kier molecular flexibility index (Phi) is 11.4. The first-order chi connectivity index (χ1) is 35.1. The molecule has 11 rings (SSSR count). The lowest BCUT2D eigenvalue weighted by Gasteiger charge is -2.46. The molecule has 392 valence electrons. The fourth-order valence-corrected chi connectivity index (χ4v) is 14.7. The van der Waals surface area contributed by atoms with E-state index in [1.54, 1.807) is 0 Å². The molecule has 0 unspecified atom stereocenters. The first-order valence-corrected chi connectivity index (χ1v) is 28.7. The molecule has 0 fully saturated rings. The number of hydrogen-bond donors (Lipinski definition) is 0. The van der Waals surface area contributed by atoms with E-state index in [-0.39, 0.29) is 50.0 Å². The van der Waals surface area contributed by atoms with Crippen LogP contribution in [0.4, 0.5) is 34.1 Å². The van der Waals surface area contributed by atoms with Gasteiger partial charge < -0.3 is 9.80 Å². The molecular weight excluding hydrogens is 916 g/mol. The molecule has 0 amide bonds. The topological polar surface area (TPSA) is 6.48 Å². The Hall–Kier alpha value is -5.80. The van der Waals surface area contributed by atoms with E-state index in [2.05, 4.69) is 277 Å². The minimum absolute atomic E-state index is 0.000588. The lowest BCUT2D eigenvalue weighted by atomic mass is 9.33. The van der Waals surface area contributed by atoms with Gasteiger partial charge >= 0.3 is 0 Å². The predicted molar refractivity (Wildman–Crippen MR) is 332 cm³/mol. The van der Waals surface area contributed by atoms with Crippen LogP contribution in [-0.4, -0.2) is 6.71 Å². The number of fused-ring (bicyclic) bond motifs is 6. The fourth-order valence-electron chi connectivity index (χ4n) is 14.7. The first-order valence-electron chi connectivity index (χ1n) is 28.7. The van der Waals surface area contributed by atoms with Gasteiger partial charge in [0.2, 0.25) is 0 Å². The Morgan fingerprint density at radius 2 is 0.697 bits per heavy atom. The van der Waals surface area contributed by atoms with Crippen LogP contribution in [0.5, 0.6) is 0 Å². The Morgan fingerprint density at radius 1 is 0.342 bits per heavy atom. The molecule has 0 spiro atoms. The lowest BCUT2D eigenvalue weighted by molar-refractivity contribution is 0.402. The molecule has 0 saturated heterocycles. The van der Waals surface area contributed by atoms with Crippen molar-refractivity contribution in [3.05, 3.63) is 171 Å². The van der Waals surface area contributed by atoms with Crippen molar-refractivity contribution in [1.29, 1.82) is 0 Å². The van der Waals surface area contributed by atoms with Crippen LogP contribution in [0.3, 0.4) is 0 Å². The third kappa shape index (κ3) is 8.34. The van der Waals surface area contributed by atoms with Gasteiger partial charge in [-0.15, -0.1) is 0 Å². The molecule has 0 aromatic heterocycles. The number of hydrogen-bond acceptors (Lipinski definition) is 2. The predicted octanol–water partition coefficient (Wildman–Crippen LogP) is 18.5. The Balaban J connectivity index is 1.26. The number of rotatable bonds is 4. The Labute approximate surface area is 459 Å². The van der Waals surface area contributed by atoms with Crippen LogP contribution in [0.2, 0.25) is 0 Å². The molecule has 0 bridgehead atoms. The summed E-state index contributed by atoms with van der Waals surface area (Å²) in [4.78, 5) is 5.39. The lowest BCUT2D eigenvalue weighted by Crippen LogP contribution is -2.61. The van der Waals surface area contributed by atoms with Crippen molar-refractivity contribution in [2.45, 2.75) is 202 Å². The van der Waals surface area contributed by atoms with Gasteiger partial charge in [-0.05, 0) is 184 Å². The second-order valence-corrected chi connectivity index (χ2v) is 30.7. The van der Waals surface area contributed by atoms with Crippen LogP contribution >= 0.6 is 0 Å². The third-order valence-corrected chi connectivity index (χ3v) is 18.5. The average molecular weight is 1000 g/mol. The largest absolute Gasteiger partial charge is 0.311 e. The molecule has 4 aliphatic rings. The molecule has 3 heteroatoms. The number of nitrogens with zero attached hydrogens (tertiary/aromatic N) is 2. The van der Waals surface area contributed by atoms with Gasteiger partial charge in [-0.1, -0.05) is 217 Å². The monoisotopic (exact) mass is 1000 g/mol. The summed E-state index contributed by atoms with van der Waals surface area (Å²) in [5.74, 6) is 0. The number of benzene rings is 7. The molecule has 7 aromatic carbocycles. The molecule has 2 aliphatic heterocycles. The van der Waals surface area contributed by atoms with Gasteiger partial charge in [0.05, 0.1) is 11.4 Å². The quantitative estimate of drug-likeness (QED) is 0.162. The van der Waals surface area contributed by atoms with Crippen molar-refractivity contribution >= 4 is 57.2 Å². The highest BCUT2D eigenvalue weighted by Gasteiger charge is 2.47. The van der Waals surface area contributed by atoms with E-state index in [1.165, 1.54) is 123 Å². The van der Waals surface area contributed by atoms with Gasteiger partial charge in [0.15, 0.2) is 0 Å². The summed E-state index contributed by atoms with van der Waals surface area (Å²) in [5.41, 5.74) is 29.4. The van der Waals surface area contributed by atoms with E-state index >= 15 is 0 Å². The van der Waals surface area contributed by atoms with E-state index in [0.717, 1.165) is 12.8 Å². The van der Waals surface area contributed by atoms with Crippen molar-refractivity contribution in [1.82, 2.24) is 0 Å². The molecule has 0 radical (unpaired) electrons. The van der Waals surface area contributed by atoms with Crippen LogP contribution in [0, 0.1) is 6.92 Å². The van der Waals surface area contributed by atoms with Crippen LogP contribution in [0.25, 0.3) is 22.3 Å². The maximum Gasteiger partial charge on any atom is 0.252 e. The van der Waals surface area contributed by atoms with Crippen molar-refractivity contribution in [3.8, 4) is 22.3 Å². The van der Waals surface area contributed by atoms with E-state index in [4.69, 9.17) is 0 Å². The highest BCUT2D eigenvalue weighted by Crippen LogP contribution is 2.55. The minimum atomic E-state index is -0.156. The van der Waals surface area contributed by atoms with Crippen LogP contribution in [0.15, 0.2) is 121 Å². The molecular formula is C73H87BN2. The van der Waals surface area contributed by atoms with Gasteiger partial charge in [0.1, 0.15) is 0 Å². The normalized spacial score (nSPS) is 17.8.